The summed E-state index contributed by atoms with van der Waals surface area (Å²) in [5.74, 6) is 0.984. The molecule has 1 atom stereocenters. The second-order valence-corrected chi connectivity index (χ2v) is 7.01. The first-order chi connectivity index (χ1) is 11.5. The minimum Gasteiger partial charge on any atom is -0.492 e. The second-order valence-electron chi connectivity index (χ2n) is 7.01. The van der Waals surface area contributed by atoms with Gasteiger partial charge in [0.15, 0.2) is 0 Å². The molecule has 1 N–H and O–H groups in total. The average Bonchev–Trinajstić information content (AvgIpc) is 2.56. The van der Waals surface area contributed by atoms with Crippen LogP contribution in [-0.4, -0.2) is 38.7 Å². The van der Waals surface area contributed by atoms with Gasteiger partial charge in [0.1, 0.15) is 12.4 Å². The van der Waals surface area contributed by atoms with Gasteiger partial charge in [0.05, 0.1) is 6.04 Å². The fraction of sp³-hybridized carbons (Fsp3) is 0.429. The smallest absolute Gasteiger partial charge is 0.119 e. The Bertz CT molecular complexity index is 709. The van der Waals surface area contributed by atoms with Crippen molar-refractivity contribution >= 4 is 0 Å². The van der Waals surface area contributed by atoms with Crippen molar-refractivity contribution in [3.05, 3.63) is 64.2 Å². The van der Waals surface area contributed by atoms with Gasteiger partial charge in [0.2, 0.25) is 0 Å². The van der Waals surface area contributed by atoms with Crippen LogP contribution >= 0.6 is 0 Å². The summed E-state index contributed by atoms with van der Waals surface area (Å²) in [4.78, 5) is 2.14. The third kappa shape index (κ3) is 3.80. The zero-order valence-electron chi connectivity index (χ0n) is 15.2. The maximum Gasteiger partial charge on any atom is 0.119 e. The molecule has 0 spiro atoms. The number of rotatable bonds is 5. The molecular weight excluding hydrogens is 296 g/mol. The van der Waals surface area contributed by atoms with E-state index in [1.165, 1.54) is 27.8 Å². The predicted octanol–water partition coefficient (Wildman–Crippen LogP) is 3.48. The number of aryl methyl sites for hydroxylation is 2. The van der Waals surface area contributed by atoms with Crippen molar-refractivity contribution in [3.63, 3.8) is 0 Å². The molecule has 2 aromatic carbocycles. The van der Waals surface area contributed by atoms with E-state index in [1.807, 2.05) is 0 Å². The third-order valence-electron chi connectivity index (χ3n) is 4.72. The van der Waals surface area contributed by atoms with Crippen LogP contribution in [0, 0.1) is 13.8 Å². The van der Waals surface area contributed by atoms with Crippen LogP contribution in [-0.2, 0) is 6.42 Å². The summed E-state index contributed by atoms with van der Waals surface area (Å²) in [5, 5.41) is 3.69. The molecule has 3 rings (SSSR count). The van der Waals surface area contributed by atoms with Crippen LogP contribution in [0.25, 0.3) is 0 Å². The Morgan fingerprint density at radius 2 is 1.92 bits per heavy atom. The average molecular weight is 324 g/mol. The fourth-order valence-electron chi connectivity index (χ4n) is 3.33. The molecule has 0 amide bonds. The van der Waals surface area contributed by atoms with Gasteiger partial charge in [0.25, 0.3) is 0 Å². The minimum absolute atomic E-state index is 0.282. The highest BCUT2D eigenvalue weighted by Gasteiger charge is 2.23. The Labute approximate surface area is 145 Å². The molecule has 128 valence electrons. The number of likely N-dealkylation sites (N-methyl/N-ethyl adjacent to an activating group) is 1. The molecule has 0 saturated carbocycles. The van der Waals surface area contributed by atoms with Gasteiger partial charge in [0, 0.05) is 13.1 Å². The summed E-state index contributed by atoms with van der Waals surface area (Å²) in [6.45, 7) is 7.03. The summed E-state index contributed by atoms with van der Waals surface area (Å²) in [6, 6.07) is 13.6. The van der Waals surface area contributed by atoms with Crippen molar-refractivity contribution in [1.29, 1.82) is 0 Å². The van der Waals surface area contributed by atoms with Gasteiger partial charge in [-0.25, -0.2) is 0 Å². The van der Waals surface area contributed by atoms with Crippen LogP contribution in [0.1, 0.15) is 33.9 Å². The van der Waals surface area contributed by atoms with Crippen molar-refractivity contribution in [3.8, 4) is 5.75 Å². The molecule has 0 fully saturated rings. The molecule has 0 bridgehead atoms. The Balaban J connectivity index is 1.84. The molecule has 1 aliphatic rings. The zero-order chi connectivity index (χ0) is 17.1. The molecule has 0 radical (unpaired) electrons. The third-order valence-corrected chi connectivity index (χ3v) is 4.72. The van der Waals surface area contributed by atoms with Crippen LogP contribution in [0.15, 0.2) is 36.4 Å². The number of fused-ring (bicyclic) bond motifs is 1. The monoisotopic (exact) mass is 324 g/mol. The number of benzene rings is 2. The highest BCUT2D eigenvalue weighted by Crippen LogP contribution is 2.33. The minimum atomic E-state index is 0.282. The first-order valence-corrected chi connectivity index (χ1v) is 8.75. The van der Waals surface area contributed by atoms with Crippen LogP contribution in [0.2, 0.25) is 0 Å². The van der Waals surface area contributed by atoms with Crippen molar-refractivity contribution in [2.75, 3.05) is 33.8 Å². The van der Waals surface area contributed by atoms with Crippen LogP contribution in [0.5, 0.6) is 5.75 Å². The van der Waals surface area contributed by atoms with Gasteiger partial charge >= 0.3 is 0 Å². The van der Waals surface area contributed by atoms with E-state index in [2.05, 4.69) is 74.6 Å². The van der Waals surface area contributed by atoms with Crippen molar-refractivity contribution in [2.24, 2.45) is 0 Å². The molecule has 2 aromatic rings. The van der Waals surface area contributed by atoms with E-state index >= 15 is 0 Å². The summed E-state index contributed by atoms with van der Waals surface area (Å²) in [5.41, 5.74) is 6.83. The molecule has 3 nitrogen and oxygen atoms in total. The number of hydrogen-bond acceptors (Lipinski definition) is 3. The fourth-order valence-corrected chi connectivity index (χ4v) is 3.33. The molecule has 0 aromatic heterocycles. The zero-order valence-corrected chi connectivity index (χ0v) is 15.2. The molecule has 24 heavy (non-hydrogen) atoms. The predicted molar refractivity (Wildman–Crippen MR) is 100.0 cm³/mol. The maximum absolute atomic E-state index is 5.90. The number of nitrogens with one attached hydrogen (secondary N) is 1. The quantitative estimate of drug-likeness (QED) is 0.911. The largest absolute Gasteiger partial charge is 0.492 e. The summed E-state index contributed by atoms with van der Waals surface area (Å²) < 4.78 is 5.90. The number of hydrogen-bond donors (Lipinski definition) is 1. The van der Waals surface area contributed by atoms with Gasteiger partial charge < -0.3 is 15.0 Å². The lowest BCUT2D eigenvalue weighted by atomic mass is 9.87. The summed E-state index contributed by atoms with van der Waals surface area (Å²) in [7, 11) is 4.13. The van der Waals surface area contributed by atoms with Gasteiger partial charge in [-0.3, -0.25) is 0 Å². The van der Waals surface area contributed by atoms with E-state index in [4.69, 9.17) is 4.74 Å². The maximum atomic E-state index is 5.90. The van der Waals surface area contributed by atoms with Gasteiger partial charge in [-0.1, -0.05) is 29.8 Å². The normalized spacial score (nSPS) is 17.0. The van der Waals surface area contributed by atoms with Crippen molar-refractivity contribution in [2.45, 2.75) is 26.3 Å². The Kier molecular flexibility index (Phi) is 5.22. The van der Waals surface area contributed by atoms with E-state index in [9.17, 15) is 0 Å². The van der Waals surface area contributed by atoms with E-state index in [1.54, 1.807) is 0 Å². The highest BCUT2D eigenvalue weighted by molar-refractivity contribution is 5.46. The van der Waals surface area contributed by atoms with Crippen LogP contribution in [0.3, 0.4) is 0 Å². The molecule has 3 heteroatoms. The number of nitrogens with zero attached hydrogens (tertiary/aromatic N) is 1. The molecule has 1 unspecified atom stereocenters. The first-order valence-electron chi connectivity index (χ1n) is 8.75. The van der Waals surface area contributed by atoms with Gasteiger partial charge in [-0.2, -0.15) is 0 Å². The number of ether oxygens (including phenoxy) is 1. The lowest BCUT2D eigenvalue weighted by molar-refractivity contribution is 0.261. The van der Waals surface area contributed by atoms with Gasteiger partial charge in [-0.05, 0) is 68.8 Å². The Morgan fingerprint density at radius 1 is 1.08 bits per heavy atom. The van der Waals surface area contributed by atoms with Crippen LogP contribution < -0.4 is 10.1 Å². The van der Waals surface area contributed by atoms with E-state index in [-0.39, 0.29) is 6.04 Å². The molecule has 0 aliphatic carbocycles. The lowest BCUT2D eigenvalue weighted by Gasteiger charge is -2.29. The molecular formula is C21H28N2O. The Morgan fingerprint density at radius 3 is 2.71 bits per heavy atom. The van der Waals surface area contributed by atoms with Gasteiger partial charge in [-0.15, -0.1) is 0 Å². The summed E-state index contributed by atoms with van der Waals surface area (Å²) >= 11 is 0. The standard InChI is InChI=1S/C21H28N2O/c1-15-5-6-16(2)20(13-15)21-19-8-7-18(24-12-11-23(3)4)14-17(19)9-10-22-21/h5-8,13-14,21-22H,9-12H2,1-4H3. The second kappa shape index (κ2) is 7.37. The van der Waals surface area contributed by atoms with E-state index in [0.717, 1.165) is 31.9 Å². The molecule has 0 saturated heterocycles. The topological polar surface area (TPSA) is 24.5 Å². The molecule has 1 heterocycles. The van der Waals surface area contributed by atoms with E-state index in [0.29, 0.717) is 0 Å². The Hall–Kier alpha value is -1.84. The highest BCUT2D eigenvalue weighted by atomic mass is 16.5. The summed E-state index contributed by atoms with van der Waals surface area (Å²) in [6.07, 6.45) is 1.06. The lowest BCUT2D eigenvalue weighted by Crippen LogP contribution is -2.31. The SMILES string of the molecule is Cc1ccc(C)c(C2NCCc3cc(OCCN(C)C)ccc32)c1. The van der Waals surface area contributed by atoms with Crippen molar-refractivity contribution in [1.82, 2.24) is 10.2 Å². The molecule has 1 aliphatic heterocycles. The van der Waals surface area contributed by atoms with Crippen LogP contribution in [0.4, 0.5) is 0 Å². The van der Waals surface area contributed by atoms with Crippen molar-refractivity contribution < 1.29 is 4.74 Å². The first kappa shape index (κ1) is 17.0. The van der Waals surface area contributed by atoms with E-state index < -0.39 is 0 Å².